The normalized spacial score (nSPS) is 9.84. The number of allylic oxidation sites excluding steroid dienone is 2. The van der Waals surface area contributed by atoms with E-state index >= 15 is 0 Å². The summed E-state index contributed by atoms with van der Waals surface area (Å²) in [5, 5.41) is 0. The van der Waals surface area contributed by atoms with Gasteiger partial charge in [-0.05, 0) is 36.1 Å². The zero-order valence-corrected chi connectivity index (χ0v) is 13.9. The molecule has 0 bridgehead atoms. The predicted octanol–water partition coefficient (Wildman–Crippen LogP) is 3.63. The van der Waals surface area contributed by atoms with Gasteiger partial charge in [-0.25, -0.2) is 0 Å². The molecular formula is C18H21NaO5S. The second-order valence-electron chi connectivity index (χ2n) is 4.75. The second kappa shape index (κ2) is 12.0. The van der Waals surface area contributed by atoms with Crippen LogP contribution in [0.5, 0.6) is 11.5 Å². The van der Waals surface area contributed by atoms with Crippen LogP contribution in [0.15, 0.2) is 73.8 Å². The standard InChI is InChI=1S/C18H18O.Na.H2O4S.H/c1-3-9-15-11-5-7-13-17(15)19-18-14-8-6-12-16(18)10-4-2;;1-5(2,3)4;/h3-8,11-14H,1-2,9-10H2;;(H2,1,2,3,4);. The number of ether oxygens (including phenoxy) is 1. The third-order valence-electron chi connectivity index (χ3n) is 2.89. The maximum absolute atomic E-state index is 8.74. The first-order chi connectivity index (χ1) is 11.3. The van der Waals surface area contributed by atoms with Gasteiger partial charge in [-0.15, -0.1) is 13.2 Å². The van der Waals surface area contributed by atoms with Gasteiger partial charge < -0.3 is 4.74 Å². The molecular weight excluding hydrogens is 351 g/mol. The molecule has 2 aromatic rings. The molecule has 25 heavy (non-hydrogen) atoms. The van der Waals surface area contributed by atoms with E-state index in [9.17, 15) is 0 Å². The average Bonchev–Trinajstić information content (AvgIpc) is 2.50. The molecule has 2 rings (SSSR count). The average molecular weight is 372 g/mol. The van der Waals surface area contributed by atoms with Gasteiger partial charge in [0.2, 0.25) is 0 Å². The predicted molar refractivity (Wildman–Crippen MR) is 102 cm³/mol. The number of rotatable bonds is 6. The van der Waals surface area contributed by atoms with E-state index in [0.717, 1.165) is 35.5 Å². The SMILES string of the molecule is C=CCc1ccccc1Oc1ccccc1CC=C.O=S(=O)(O)O.[NaH]. The van der Waals surface area contributed by atoms with E-state index in [0.29, 0.717) is 0 Å². The maximum atomic E-state index is 8.74. The molecule has 2 N–H and O–H groups in total. The van der Waals surface area contributed by atoms with Crippen molar-refractivity contribution < 1.29 is 22.3 Å². The van der Waals surface area contributed by atoms with Crippen LogP contribution in [-0.4, -0.2) is 47.1 Å². The van der Waals surface area contributed by atoms with Crippen molar-refractivity contribution in [1.29, 1.82) is 0 Å². The molecule has 0 heterocycles. The van der Waals surface area contributed by atoms with Gasteiger partial charge in [-0.1, -0.05) is 48.6 Å². The zero-order valence-electron chi connectivity index (χ0n) is 13.1. The van der Waals surface area contributed by atoms with Crippen LogP contribution in [0.3, 0.4) is 0 Å². The Bertz CT molecular complexity index is 728. The quantitative estimate of drug-likeness (QED) is 0.460. The molecule has 0 spiro atoms. The molecule has 5 nitrogen and oxygen atoms in total. The molecule has 2 aromatic carbocycles. The summed E-state index contributed by atoms with van der Waals surface area (Å²) >= 11 is 0. The summed E-state index contributed by atoms with van der Waals surface area (Å²) in [5.41, 5.74) is 2.29. The monoisotopic (exact) mass is 372 g/mol. The van der Waals surface area contributed by atoms with Gasteiger partial charge in [0.25, 0.3) is 0 Å². The van der Waals surface area contributed by atoms with Crippen LogP contribution in [0.1, 0.15) is 11.1 Å². The molecule has 0 radical (unpaired) electrons. The summed E-state index contributed by atoms with van der Waals surface area (Å²) in [6, 6.07) is 16.1. The Morgan fingerprint density at radius 3 is 1.48 bits per heavy atom. The number of hydrogen-bond acceptors (Lipinski definition) is 3. The van der Waals surface area contributed by atoms with Gasteiger partial charge in [0, 0.05) is 0 Å². The van der Waals surface area contributed by atoms with Crippen LogP contribution in [-0.2, 0) is 23.2 Å². The first-order valence-electron chi connectivity index (χ1n) is 7.10. The molecule has 0 saturated carbocycles. The third-order valence-corrected chi connectivity index (χ3v) is 2.89. The Labute approximate surface area is 170 Å². The van der Waals surface area contributed by atoms with Gasteiger partial charge in [-0.3, -0.25) is 9.11 Å². The molecule has 0 aliphatic heterocycles. The first kappa shape index (κ1) is 23.6. The molecule has 0 aliphatic carbocycles. The Kier molecular flexibility index (Phi) is 11.3. The van der Waals surface area contributed by atoms with Crippen molar-refractivity contribution >= 4 is 40.0 Å². The van der Waals surface area contributed by atoms with Crippen LogP contribution in [0.4, 0.5) is 0 Å². The van der Waals surface area contributed by atoms with Gasteiger partial charge >= 0.3 is 40.0 Å². The summed E-state index contributed by atoms with van der Waals surface area (Å²) < 4.78 is 37.6. The van der Waals surface area contributed by atoms with Crippen molar-refractivity contribution in [3.63, 3.8) is 0 Å². The van der Waals surface area contributed by atoms with E-state index in [2.05, 4.69) is 25.3 Å². The minimum absolute atomic E-state index is 0. The third kappa shape index (κ3) is 10.2. The Hall–Kier alpha value is -1.41. The molecule has 0 aliphatic rings. The summed E-state index contributed by atoms with van der Waals surface area (Å²) in [5.74, 6) is 1.78. The van der Waals surface area contributed by atoms with Gasteiger partial charge in [0.05, 0.1) is 0 Å². The van der Waals surface area contributed by atoms with E-state index in [1.165, 1.54) is 0 Å². The van der Waals surface area contributed by atoms with E-state index in [1.807, 2.05) is 48.6 Å². The Balaban J connectivity index is 0.000000848. The van der Waals surface area contributed by atoms with Crippen molar-refractivity contribution in [2.75, 3.05) is 0 Å². The Morgan fingerprint density at radius 2 is 1.16 bits per heavy atom. The number of hydrogen-bond donors (Lipinski definition) is 2. The molecule has 0 saturated heterocycles. The van der Waals surface area contributed by atoms with E-state index in [-0.39, 0.29) is 29.6 Å². The Morgan fingerprint density at radius 1 is 0.840 bits per heavy atom. The summed E-state index contributed by atoms with van der Waals surface area (Å²) in [7, 11) is -4.67. The fourth-order valence-corrected chi connectivity index (χ4v) is 1.97. The van der Waals surface area contributed by atoms with E-state index in [1.54, 1.807) is 0 Å². The molecule has 0 aromatic heterocycles. The van der Waals surface area contributed by atoms with Crippen molar-refractivity contribution in [1.82, 2.24) is 0 Å². The van der Waals surface area contributed by atoms with Crippen LogP contribution in [0.25, 0.3) is 0 Å². The summed E-state index contributed by atoms with van der Waals surface area (Å²) in [6.45, 7) is 7.56. The number of para-hydroxylation sites is 2. The summed E-state index contributed by atoms with van der Waals surface area (Å²) in [6.07, 6.45) is 5.38. The van der Waals surface area contributed by atoms with Gasteiger partial charge in [0.1, 0.15) is 11.5 Å². The molecule has 130 valence electrons. The fraction of sp³-hybridized carbons (Fsp3) is 0.111. The van der Waals surface area contributed by atoms with Crippen LogP contribution < -0.4 is 4.74 Å². The minimum atomic E-state index is -4.67. The van der Waals surface area contributed by atoms with Gasteiger partial charge in [-0.2, -0.15) is 8.42 Å². The molecule has 7 heteroatoms. The summed E-state index contributed by atoms with van der Waals surface area (Å²) in [4.78, 5) is 0. The van der Waals surface area contributed by atoms with E-state index in [4.69, 9.17) is 22.3 Å². The van der Waals surface area contributed by atoms with Crippen LogP contribution >= 0.6 is 0 Å². The number of benzene rings is 2. The van der Waals surface area contributed by atoms with Crippen molar-refractivity contribution in [2.45, 2.75) is 12.8 Å². The first-order valence-corrected chi connectivity index (χ1v) is 8.50. The molecule has 0 atom stereocenters. The molecule has 0 amide bonds. The van der Waals surface area contributed by atoms with Gasteiger partial charge in [0.15, 0.2) is 0 Å². The van der Waals surface area contributed by atoms with Crippen LogP contribution in [0.2, 0.25) is 0 Å². The topological polar surface area (TPSA) is 83.8 Å². The van der Waals surface area contributed by atoms with Crippen molar-refractivity contribution in [3.8, 4) is 11.5 Å². The van der Waals surface area contributed by atoms with Crippen molar-refractivity contribution in [2.24, 2.45) is 0 Å². The molecule has 0 fully saturated rings. The van der Waals surface area contributed by atoms with Crippen LogP contribution in [0, 0.1) is 0 Å². The zero-order chi connectivity index (χ0) is 18.0. The fourth-order valence-electron chi connectivity index (χ4n) is 1.97. The second-order valence-corrected chi connectivity index (χ2v) is 5.65. The molecule has 0 unspecified atom stereocenters. The van der Waals surface area contributed by atoms with E-state index < -0.39 is 10.4 Å². The van der Waals surface area contributed by atoms with Crippen molar-refractivity contribution in [3.05, 3.63) is 85.0 Å².